The number of fused-ring (bicyclic) bond motifs is 3. The van der Waals surface area contributed by atoms with Gasteiger partial charge in [0.25, 0.3) is 0 Å². The predicted molar refractivity (Wildman–Crippen MR) is 65.0 cm³/mol. The summed E-state index contributed by atoms with van der Waals surface area (Å²) < 4.78 is 0. The van der Waals surface area contributed by atoms with Gasteiger partial charge in [-0.3, -0.25) is 4.79 Å². The molecule has 2 fully saturated rings. The highest BCUT2D eigenvalue weighted by Crippen LogP contribution is 2.73. The summed E-state index contributed by atoms with van der Waals surface area (Å²) in [7, 11) is 0. The SMILES string of the molecule is C[C@H]1C(=O)CCC2=CCC3C(C3(C)C)[C@@]21C. The van der Waals surface area contributed by atoms with E-state index in [1.54, 1.807) is 5.57 Å². The zero-order valence-electron chi connectivity index (χ0n) is 10.8. The first-order valence-corrected chi connectivity index (χ1v) is 6.62. The Balaban J connectivity index is 2.06. The molecule has 0 aliphatic heterocycles. The van der Waals surface area contributed by atoms with E-state index in [0.717, 1.165) is 24.7 Å². The molecule has 0 N–H and O–H groups in total. The second-order valence-electron chi connectivity index (χ2n) is 6.84. The maximum Gasteiger partial charge on any atom is 0.136 e. The Labute approximate surface area is 98.3 Å². The van der Waals surface area contributed by atoms with E-state index in [4.69, 9.17) is 0 Å². The van der Waals surface area contributed by atoms with Gasteiger partial charge in [0.05, 0.1) is 0 Å². The molecule has 2 unspecified atom stereocenters. The molecule has 3 aliphatic carbocycles. The van der Waals surface area contributed by atoms with Crippen molar-refractivity contribution in [2.45, 2.75) is 47.0 Å². The Bertz CT molecular complexity index is 390. The van der Waals surface area contributed by atoms with Gasteiger partial charge >= 0.3 is 0 Å². The molecular weight excluding hydrogens is 196 g/mol. The number of carbonyl (C=O) groups excluding carboxylic acids is 1. The van der Waals surface area contributed by atoms with E-state index in [0.29, 0.717) is 11.2 Å². The van der Waals surface area contributed by atoms with Crippen LogP contribution in [0.4, 0.5) is 0 Å². The van der Waals surface area contributed by atoms with Gasteiger partial charge in [0.1, 0.15) is 5.78 Å². The molecule has 0 spiro atoms. The fraction of sp³-hybridized carbons (Fsp3) is 0.800. The molecule has 0 aromatic heterocycles. The fourth-order valence-electron chi connectivity index (χ4n) is 4.79. The van der Waals surface area contributed by atoms with Crippen LogP contribution in [0.2, 0.25) is 0 Å². The third-order valence-corrected chi connectivity index (χ3v) is 6.03. The van der Waals surface area contributed by atoms with Crippen LogP contribution < -0.4 is 0 Å². The summed E-state index contributed by atoms with van der Waals surface area (Å²) in [6.45, 7) is 9.28. The Kier molecular flexibility index (Phi) is 1.85. The summed E-state index contributed by atoms with van der Waals surface area (Å²) in [5.41, 5.74) is 2.23. The molecule has 0 aromatic carbocycles. The van der Waals surface area contributed by atoms with Crippen LogP contribution in [0.1, 0.15) is 47.0 Å². The maximum atomic E-state index is 12.0. The van der Waals surface area contributed by atoms with Crippen LogP contribution in [0, 0.1) is 28.6 Å². The number of rotatable bonds is 0. The van der Waals surface area contributed by atoms with Crippen molar-refractivity contribution >= 4 is 5.78 Å². The summed E-state index contributed by atoms with van der Waals surface area (Å²) in [5, 5.41) is 0. The minimum atomic E-state index is 0.182. The molecule has 2 saturated carbocycles. The number of hydrogen-bond acceptors (Lipinski definition) is 1. The first kappa shape index (κ1) is 10.6. The lowest BCUT2D eigenvalue weighted by molar-refractivity contribution is -0.127. The molecule has 0 bridgehead atoms. The van der Waals surface area contributed by atoms with Crippen LogP contribution in [0.15, 0.2) is 11.6 Å². The van der Waals surface area contributed by atoms with Crippen LogP contribution in [-0.2, 0) is 4.79 Å². The average Bonchev–Trinajstić information content (AvgIpc) is 2.78. The summed E-state index contributed by atoms with van der Waals surface area (Å²) >= 11 is 0. The van der Waals surface area contributed by atoms with E-state index in [-0.39, 0.29) is 11.3 Å². The van der Waals surface area contributed by atoms with Crippen LogP contribution in [0.3, 0.4) is 0 Å². The van der Waals surface area contributed by atoms with Crippen molar-refractivity contribution in [3.8, 4) is 0 Å². The van der Waals surface area contributed by atoms with E-state index in [1.165, 1.54) is 6.42 Å². The van der Waals surface area contributed by atoms with Gasteiger partial charge in [-0.05, 0) is 30.1 Å². The number of ketones is 1. The van der Waals surface area contributed by atoms with Gasteiger partial charge in [-0.2, -0.15) is 0 Å². The van der Waals surface area contributed by atoms with Crippen LogP contribution in [0.5, 0.6) is 0 Å². The van der Waals surface area contributed by atoms with E-state index in [2.05, 4.69) is 33.8 Å². The standard InChI is InChI=1S/C15H22O/c1-9-12(16)8-6-10-5-7-11-13(14(11,2)3)15(9,10)4/h5,9,11,13H,6-8H2,1-4H3/t9-,11?,13?,15+/m0/s1. The quantitative estimate of drug-likeness (QED) is 0.568. The third kappa shape index (κ3) is 1.00. The zero-order valence-corrected chi connectivity index (χ0v) is 10.8. The molecule has 0 radical (unpaired) electrons. The van der Waals surface area contributed by atoms with Crippen molar-refractivity contribution in [3.63, 3.8) is 0 Å². The lowest BCUT2D eigenvalue weighted by Gasteiger charge is -2.44. The highest BCUT2D eigenvalue weighted by atomic mass is 16.1. The molecule has 16 heavy (non-hydrogen) atoms. The maximum absolute atomic E-state index is 12.0. The lowest BCUT2D eigenvalue weighted by Crippen LogP contribution is -2.41. The van der Waals surface area contributed by atoms with Crippen molar-refractivity contribution in [2.75, 3.05) is 0 Å². The smallest absolute Gasteiger partial charge is 0.136 e. The van der Waals surface area contributed by atoms with Crippen molar-refractivity contribution in [3.05, 3.63) is 11.6 Å². The van der Waals surface area contributed by atoms with Gasteiger partial charge in [0.2, 0.25) is 0 Å². The predicted octanol–water partition coefficient (Wildman–Crippen LogP) is 3.59. The Morgan fingerprint density at radius 2 is 1.94 bits per heavy atom. The zero-order chi connectivity index (χ0) is 11.7. The Morgan fingerprint density at radius 1 is 1.25 bits per heavy atom. The second kappa shape index (κ2) is 2.80. The van der Waals surface area contributed by atoms with Crippen molar-refractivity contribution < 1.29 is 4.79 Å². The number of carbonyl (C=O) groups is 1. The van der Waals surface area contributed by atoms with Gasteiger partial charge in [-0.15, -0.1) is 0 Å². The number of Topliss-reactive ketones (excluding diaryl/α,β-unsaturated/α-hetero) is 1. The van der Waals surface area contributed by atoms with Gasteiger partial charge < -0.3 is 0 Å². The highest BCUT2D eigenvalue weighted by Gasteiger charge is 2.68. The van der Waals surface area contributed by atoms with Gasteiger partial charge in [0.15, 0.2) is 0 Å². The molecule has 88 valence electrons. The highest BCUT2D eigenvalue weighted by molar-refractivity contribution is 5.84. The first-order valence-electron chi connectivity index (χ1n) is 6.62. The molecule has 0 saturated heterocycles. The molecule has 4 atom stereocenters. The van der Waals surface area contributed by atoms with Crippen LogP contribution in [-0.4, -0.2) is 5.78 Å². The van der Waals surface area contributed by atoms with E-state index >= 15 is 0 Å². The second-order valence-corrected chi connectivity index (χ2v) is 6.84. The Hall–Kier alpha value is -0.590. The van der Waals surface area contributed by atoms with Gasteiger partial charge in [0, 0.05) is 17.8 Å². The van der Waals surface area contributed by atoms with E-state index < -0.39 is 0 Å². The van der Waals surface area contributed by atoms with Crippen molar-refractivity contribution in [2.24, 2.45) is 28.6 Å². The lowest BCUT2D eigenvalue weighted by atomic mass is 9.59. The molecule has 0 heterocycles. The van der Waals surface area contributed by atoms with Crippen molar-refractivity contribution in [1.29, 1.82) is 0 Å². The summed E-state index contributed by atoms with van der Waals surface area (Å²) in [6, 6.07) is 0. The summed E-state index contributed by atoms with van der Waals surface area (Å²) in [5.74, 6) is 2.30. The third-order valence-electron chi connectivity index (χ3n) is 6.03. The summed E-state index contributed by atoms with van der Waals surface area (Å²) in [4.78, 5) is 12.0. The topological polar surface area (TPSA) is 17.1 Å². The van der Waals surface area contributed by atoms with Gasteiger partial charge in [-0.1, -0.05) is 39.3 Å². The molecule has 1 nitrogen and oxygen atoms in total. The van der Waals surface area contributed by atoms with Gasteiger partial charge in [-0.25, -0.2) is 0 Å². The van der Waals surface area contributed by atoms with E-state index in [1.807, 2.05) is 0 Å². The summed E-state index contributed by atoms with van der Waals surface area (Å²) in [6.07, 6.45) is 5.52. The number of allylic oxidation sites excluding steroid dienone is 2. The van der Waals surface area contributed by atoms with E-state index in [9.17, 15) is 4.79 Å². The normalized spacial score (nSPS) is 49.1. The molecule has 1 heteroatoms. The molecule has 0 aromatic rings. The largest absolute Gasteiger partial charge is 0.299 e. The fourth-order valence-corrected chi connectivity index (χ4v) is 4.79. The average molecular weight is 218 g/mol. The Morgan fingerprint density at radius 3 is 2.62 bits per heavy atom. The molecule has 0 amide bonds. The molecular formula is C15H22O. The monoisotopic (exact) mass is 218 g/mol. The minimum absolute atomic E-state index is 0.182. The van der Waals surface area contributed by atoms with Crippen molar-refractivity contribution in [1.82, 2.24) is 0 Å². The molecule has 3 rings (SSSR count). The molecule has 3 aliphatic rings. The number of hydrogen-bond donors (Lipinski definition) is 0. The first-order chi connectivity index (χ1) is 7.40. The minimum Gasteiger partial charge on any atom is -0.299 e. The van der Waals surface area contributed by atoms with Crippen LogP contribution in [0.25, 0.3) is 0 Å². The van der Waals surface area contributed by atoms with Crippen LogP contribution >= 0.6 is 0 Å².